The first kappa shape index (κ1) is 18.1. The van der Waals surface area contributed by atoms with Gasteiger partial charge >= 0.3 is 0 Å². The summed E-state index contributed by atoms with van der Waals surface area (Å²) in [5.41, 5.74) is 0. The predicted molar refractivity (Wildman–Crippen MR) is 88.8 cm³/mol. The van der Waals surface area contributed by atoms with Crippen molar-refractivity contribution in [3.63, 3.8) is 0 Å². The molecule has 0 saturated heterocycles. The van der Waals surface area contributed by atoms with Crippen molar-refractivity contribution in [3.05, 3.63) is 0 Å². The van der Waals surface area contributed by atoms with E-state index in [1.54, 1.807) is 0 Å². The van der Waals surface area contributed by atoms with Gasteiger partial charge in [0, 0.05) is 6.42 Å². The van der Waals surface area contributed by atoms with Crippen LogP contribution in [0.15, 0.2) is 0 Å². The van der Waals surface area contributed by atoms with E-state index >= 15 is 0 Å². The summed E-state index contributed by atoms with van der Waals surface area (Å²) in [4.78, 5) is 11.2. The molecule has 0 rings (SSSR count). The number of aldehydes is 1. The van der Waals surface area contributed by atoms with Crippen LogP contribution in [0.2, 0.25) is 41.4 Å². The summed E-state index contributed by atoms with van der Waals surface area (Å²) in [7, 11) is -2.47. The van der Waals surface area contributed by atoms with Gasteiger partial charge in [-0.05, 0) is 5.16 Å². The molecule has 3 heteroatoms. The molecule has 0 heterocycles. The molecule has 1 nitrogen and oxygen atoms in total. The van der Waals surface area contributed by atoms with Crippen molar-refractivity contribution >= 4 is 22.4 Å². The molecule has 0 aliphatic carbocycles. The summed E-state index contributed by atoms with van der Waals surface area (Å²) in [6, 6.07) is 8.21. The molecule has 0 N–H and O–H groups in total. The fraction of sp³-hybridized carbons (Fsp3) is 0.933. The molecule has 0 amide bonds. The van der Waals surface area contributed by atoms with Crippen LogP contribution >= 0.6 is 0 Å². The molecule has 108 valence electrons. The Balaban J connectivity index is 5.56. The molecule has 0 unspecified atom stereocenters. The van der Waals surface area contributed by atoms with E-state index in [2.05, 4.69) is 41.5 Å². The molecule has 0 spiro atoms. The van der Waals surface area contributed by atoms with Crippen molar-refractivity contribution in [1.29, 1.82) is 0 Å². The molecule has 0 aromatic rings. The van der Waals surface area contributed by atoms with E-state index in [0.717, 1.165) is 11.6 Å². The van der Waals surface area contributed by atoms with Gasteiger partial charge in [0.15, 0.2) is 0 Å². The van der Waals surface area contributed by atoms with Gasteiger partial charge in [-0.3, -0.25) is 0 Å². The van der Waals surface area contributed by atoms with Crippen molar-refractivity contribution in [2.24, 2.45) is 0 Å². The second kappa shape index (κ2) is 8.31. The Bertz CT molecular complexity index is 196. The Kier molecular flexibility index (Phi) is 8.36. The second-order valence-electron chi connectivity index (χ2n) is 5.80. The minimum atomic E-state index is -1.24. The Morgan fingerprint density at radius 1 is 0.722 bits per heavy atom. The lowest BCUT2D eigenvalue weighted by atomic mass is 10.5. The van der Waals surface area contributed by atoms with Gasteiger partial charge in [-0.2, -0.15) is 0 Å². The van der Waals surface area contributed by atoms with Crippen molar-refractivity contribution in [2.75, 3.05) is 0 Å². The summed E-state index contributed by atoms with van der Waals surface area (Å²) >= 11 is 0. The van der Waals surface area contributed by atoms with Crippen LogP contribution in [0.1, 0.15) is 48.0 Å². The monoisotopic (exact) mass is 286 g/mol. The normalized spacial score (nSPS) is 13.1. The quantitative estimate of drug-likeness (QED) is 0.383. The SMILES string of the molecule is CC[Si](CC)(CC)C(CC=O)[Si](CC)(CC)CC. The molecular formula is C15H34OSi2. The number of hydrogen-bond donors (Lipinski definition) is 0. The molecular weight excluding hydrogens is 252 g/mol. The first-order chi connectivity index (χ1) is 8.56. The first-order valence-corrected chi connectivity index (χ1v) is 13.4. The number of carbonyl (C=O) groups excluding carboxylic acids is 1. The topological polar surface area (TPSA) is 17.1 Å². The average molecular weight is 287 g/mol. The zero-order chi connectivity index (χ0) is 14.2. The lowest BCUT2D eigenvalue weighted by Crippen LogP contribution is -2.52. The highest BCUT2D eigenvalue weighted by Crippen LogP contribution is 2.46. The lowest BCUT2D eigenvalue weighted by molar-refractivity contribution is -0.107. The Morgan fingerprint density at radius 3 is 1.17 bits per heavy atom. The van der Waals surface area contributed by atoms with Gasteiger partial charge in [-0.1, -0.05) is 77.8 Å². The van der Waals surface area contributed by atoms with Crippen LogP contribution in [0.25, 0.3) is 0 Å². The van der Waals surface area contributed by atoms with Crippen LogP contribution in [-0.2, 0) is 4.79 Å². The number of hydrogen-bond acceptors (Lipinski definition) is 1. The molecule has 0 aliphatic heterocycles. The van der Waals surface area contributed by atoms with E-state index in [4.69, 9.17) is 0 Å². The standard InChI is InChI=1S/C15H34OSi2/c1-7-17(8-2,9-3)15(13-14-16)18(10-4,11-5)12-6/h14-15H,7-13H2,1-6H3. The van der Waals surface area contributed by atoms with Gasteiger partial charge in [0.1, 0.15) is 6.29 Å². The fourth-order valence-electron chi connectivity index (χ4n) is 4.22. The Morgan fingerprint density at radius 2 is 1.00 bits per heavy atom. The molecule has 0 radical (unpaired) electrons. The van der Waals surface area contributed by atoms with Crippen molar-refractivity contribution in [1.82, 2.24) is 0 Å². The summed E-state index contributed by atoms with van der Waals surface area (Å²) in [5.74, 6) is 0. The smallest absolute Gasteiger partial charge is 0.119 e. The Hall–Kier alpha value is 0.104. The summed E-state index contributed by atoms with van der Waals surface area (Å²) in [5, 5.41) is 0.822. The molecule has 0 aliphatic rings. The van der Waals surface area contributed by atoms with Gasteiger partial charge in [0.05, 0.1) is 16.1 Å². The van der Waals surface area contributed by atoms with E-state index in [9.17, 15) is 4.79 Å². The van der Waals surface area contributed by atoms with Gasteiger partial charge in [0.25, 0.3) is 0 Å². The molecule has 0 fully saturated rings. The van der Waals surface area contributed by atoms with Crippen LogP contribution in [-0.4, -0.2) is 22.4 Å². The highest BCUT2D eigenvalue weighted by Gasteiger charge is 2.47. The lowest BCUT2D eigenvalue weighted by Gasteiger charge is -2.47. The molecule has 0 saturated carbocycles. The summed E-state index contributed by atoms with van der Waals surface area (Å²) < 4.78 is 0. The van der Waals surface area contributed by atoms with Crippen LogP contribution < -0.4 is 0 Å². The highest BCUT2D eigenvalue weighted by molar-refractivity contribution is 6.99. The number of rotatable bonds is 10. The van der Waals surface area contributed by atoms with E-state index in [1.807, 2.05) is 0 Å². The molecule has 0 aromatic carbocycles. The van der Waals surface area contributed by atoms with Gasteiger partial charge in [-0.15, -0.1) is 0 Å². The third-order valence-electron chi connectivity index (χ3n) is 6.04. The first-order valence-electron chi connectivity index (χ1n) is 7.99. The van der Waals surface area contributed by atoms with Crippen LogP contribution in [0, 0.1) is 0 Å². The van der Waals surface area contributed by atoms with E-state index in [-0.39, 0.29) is 0 Å². The van der Waals surface area contributed by atoms with E-state index in [0.29, 0.717) is 0 Å². The molecule has 0 aromatic heterocycles. The zero-order valence-corrected chi connectivity index (χ0v) is 15.5. The Labute approximate surface area is 117 Å². The van der Waals surface area contributed by atoms with Crippen molar-refractivity contribution < 1.29 is 4.79 Å². The van der Waals surface area contributed by atoms with Gasteiger partial charge in [-0.25, -0.2) is 0 Å². The molecule has 0 atom stereocenters. The number of carbonyl (C=O) groups is 1. The fourth-order valence-corrected chi connectivity index (χ4v) is 20.2. The minimum Gasteiger partial charge on any atom is -0.303 e. The summed E-state index contributed by atoms with van der Waals surface area (Å²) in [6.45, 7) is 14.3. The van der Waals surface area contributed by atoms with Crippen LogP contribution in [0.4, 0.5) is 0 Å². The third-order valence-corrected chi connectivity index (χ3v) is 21.6. The van der Waals surface area contributed by atoms with Crippen LogP contribution in [0.5, 0.6) is 0 Å². The maximum Gasteiger partial charge on any atom is 0.119 e. The third kappa shape index (κ3) is 3.35. The maximum atomic E-state index is 11.2. The van der Waals surface area contributed by atoms with Crippen molar-refractivity contribution in [2.45, 2.75) is 89.4 Å². The highest BCUT2D eigenvalue weighted by atomic mass is 28.4. The summed E-state index contributed by atoms with van der Waals surface area (Å²) in [6.07, 6.45) is 2.10. The minimum absolute atomic E-state index is 0.822. The maximum absolute atomic E-state index is 11.2. The van der Waals surface area contributed by atoms with Gasteiger partial charge in [0.2, 0.25) is 0 Å². The van der Waals surface area contributed by atoms with E-state index in [1.165, 1.54) is 42.6 Å². The predicted octanol–water partition coefficient (Wildman–Crippen LogP) is 5.50. The van der Waals surface area contributed by atoms with Crippen molar-refractivity contribution in [3.8, 4) is 0 Å². The largest absolute Gasteiger partial charge is 0.303 e. The average Bonchev–Trinajstić information content (AvgIpc) is 2.44. The van der Waals surface area contributed by atoms with Gasteiger partial charge < -0.3 is 4.79 Å². The molecule has 0 bridgehead atoms. The second-order valence-corrected chi connectivity index (χ2v) is 17.5. The van der Waals surface area contributed by atoms with Crippen LogP contribution in [0.3, 0.4) is 0 Å². The van der Waals surface area contributed by atoms with E-state index < -0.39 is 16.1 Å². The molecule has 18 heavy (non-hydrogen) atoms. The zero-order valence-electron chi connectivity index (χ0n) is 13.5.